The van der Waals surface area contributed by atoms with Gasteiger partial charge in [-0.3, -0.25) is 10.2 Å². The van der Waals surface area contributed by atoms with Crippen LogP contribution in [-0.4, -0.2) is 41.0 Å². The van der Waals surface area contributed by atoms with Crippen molar-refractivity contribution in [2.75, 3.05) is 26.1 Å². The van der Waals surface area contributed by atoms with Gasteiger partial charge in [0, 0.05) is 24.8 Å². The normalized spacial score (nSPS) is 12.7. The number of carbonyl (C=O) groups is 1. The predicted molar refractivity (Wildman–Crippen MR) is 128 cm³/mol. The maximum absolute atomic E-state index is 12.8. The van der Waals surface area contributed by atoms with E-state index in [1.165, 1.54) is 0 Å². The summed E-state index contributed by atoms with van der Waals surface area (Å²) in [6.45, 7) is 2.34. The number of nitrogens with one attached hydrogen (secondary N) is 3. The molecule has 1 unspecified atom stereocenters. The Morgan fingerprint density at radius 1 is 1.18 bits per heavy atom. The molecule has 0 heterocycles. The largest absolute Gasteiger partial charge is 0.501 e. The second-order valence-corrected chi connectivity index (χ2v) is 8.61. The molecule has 178 valence electrons. The summed E-state index contributed by atoms with van der Waals surface area (Å²) in [7, 11) is -1.11. The highest BCUT2D eigenvalue weighted by molar-refractivity contribution is 7.87. The lowest BCUT2D eigenvalue weighted by Crippen LogP contribution is -2.41. The van der Waals surface area contributed by atoms with Crippen LogP contribution in [0.15, 0.2) is 48.2 Å². The van der Waals surface area contributed by atoms with E-state index in [0.29, 0.717) is 35.6 Å². The van der Waals surface area contributed by atoms with E-state index >= 15 is 0 Å². The summed E-state index contributed by atoms with van der Waals surface area (Å²) >= 11 is 0. The summed E-state index contributed by atoms with van der Waals surface area (Å²) in [6, 6.07) is 10.9. The first kappa shape index (κ1) is 25.8. The van der Waals surface area contributed by atoms with Gasteiger partial charge in [0.1, 0.15) is 11.9 Å². The van der Waals surface area contributed by atoms with Crippen LogP contribution in [0.4, 0.5) is 5.69 Å². The summed E-state index contributed by atoms with van der Waals surface area (Å²) in [6.07, 6.45) is 2.39. The molecule has 0 aliphatic rings. The first-order valence-electron chi connectivity index (χ1n) is 9.93. The molecule has 2 aromatic rings. The van der Waals surface area contributed by atoms with E-state index in [0.717, 1.165) is 11.1 Å². The number of nitrogen functional groups attached to an aromatic ring is 1. The molecule has 1 atom stereocenters. The molecule has 33 heavy (non-hydrogen) atoms. The summed E-state index contributed by atoms with van der Waals surface area (Å²) < 4.78 is 35.3. The smallest absolute Gasteiger partial charge is 0.298 e. The molecular weight excluding hydrogens is 446 g/mol. The SMILES string of the molecule is COCC/C(=C/c1cc(C)cc(C(Nc2ccc(C(=N)N)cc2)C(=O)NS(N)(=O)=O)c1)OC. The van der Waals surface area contributed by atoms with Crippen LogP contribution < -0.4 is 20.9 Å². The van der Waals surface area contributed by atoms with Crippen molar-refractivity contribution in [2.45, 2.75) is 19.4 Å². The molecule has 0 aliphatic carbocycles. The number of nitrogens with two attached hydrogens (primary N) is 2. The van der Waals surface area contributed by atoms with Crippen LogP contribution in [0.1, 0.15) is 34.7 Å². The fraction of sp³-hybridized carbons (Fsp3) is 0.273. The van der Waals surface area contributed by atoms with E-state index < -0.39 is 22.2 Å². The Kier molecular flexibility index (Phi) is 8.97. The van der Waals surface area contributed by atoms with Gasteiger partial charge in [-0.1, -0.05) is 17.7 Å². The Balaban J connectivity index is 2.47. The zero-order valence-corrected chi connectivity index (χ0v) is 19.5. The van der Waals surface area contributed by atoms with Crippen LogP contribution in [0, 0.1) is 12.3 Å². The Hall–Kier alpha value is -3.41. The number of hydrogen-bond acceptors (Lipinski definition) is 7. The third kappa shape index (κ3) is 8.22. The number of anilines is 1. The molecule has 0 saturated heterocycles. The molecule has 0 saturated carbocycles. The second-order valence-electron chi connectivity index (χ2n) is 7.31. The number of benzene rings is 2. The number of amides is 1. The van der Waals surface area contributed by atoms with Crippen molar-refractivity contribution in [3.63, 3.8) is 0 Å². The number of carbonyl (C=O) groups excluding carboxylic acids is 1. The lowest BCUT2D eigenvalue weighted by molar-refractivity contribution is -0.120. The fourth-order valence-corrected chi connectivity index (χ4v) is 3.53. The van der Waals surface area contributed by atoms with E-state index in [1.807, 2.05) is 23.8 Å². The summed E-state index contributed by atoms with van der Waals surface area (Å²) in [5, 5.41) is 15.5. The lowest BCUT2D eigenvalue weighted by atomic mass is 9.99. The summed E-state index contributed by atoms with van der Waals surface area (Å²) in [5.41, 5.74) is 8.64. The van der Waals surface area contributed by atoms with Crippen LogP contribution in [0.2, 0.25) is 0 Å². The predicted octanol–water partition coefficient (Wildman–Crippen LogP) is 1.78. The van der Waals surface area contributed by atoms with Gasteiger partial charge in [0.15, 0.2) is 0 Å². The van der Waals surface area contributed by atoms with Gasteiger partial charge < -0.3 is 20.5 Å². The molecule has 11 heteroatoms. The molecular formula is C22H29N5O5S. The molecule has 0 spiro atoms. The molecule has 0 aliphatic heterocycles. The van der Waals surface area contributed by atoms with Crippen molar-refractivity contribution in [1.29, 1.82) is 5.41 Å². The van der Waals surface area contributed by atoms with E-state index in [1.54, 1.807) is 50.6 Å². The minimum absolute atomic E-state index is 0.0948. The van der Waals surface area contributed by atoms with Crippen LogP contribution >= 0.6 is 0 Å². The average molecular weight is 476 g/mol. The molecule has 7 N–H and O–H groups in total. The maximum atomic E-state index is 12.8. The van der Waals surface area contributed by atoms with Crippen molar-refractivity contribution < 1.29 is 22.7 Å². The zero-order valence-electron chi connectivity index (χ0n) is 18.7. The first-order valence-corrected chi connectivity index (χ1v) is 11.5. The highest BCUT2D eigenvalue weighted by atomic mass is 32.2. The van der Waals surface area contributed by atoms with Gasteiger partial charge >= 0.3 is 0 Å². The van der Waals surface area contributed by atoms with Crippen LogP contribution in [0.25, 0.3) is 6.08 Å². The van der Waals surface area contributed by atoms with E-state index in [9.17, 15) is 13.2 Å². The molecule has 0 aromatic heterocycles. The van der Waals surface area contributed by atoms with Gasteiger partial charge in [0.05, 0.1) is 19.5 Å². The van der Waals surface area contributed by atoms with Crippen LogP contribution in [0.3, 0.4) is 0 Å². The number of aryl methyl sites for hydroxylation is 1. The summed E-state index contributed by atoms with van der Waals surface area (Å²) in [5.74, 6) is -0.255. The Labute approximate surface area is 193 Å². The van der Waals surface area contributed by atoms with E-state index in [-0.39, 0.29) is 5.84 Å². The van der Waals surface area contributed by atoms with Crippen molar-refractivity contribution in [1.82, 2.24) is 4.72 Å². The van der Waals surface area contributed by atoms with Crippen LogP contribution in [0.5, 0.6) is 0 Å². The van der Waals surface area contributed by atoms with Gasteiger partial charge in [-0.25, -0.2) is 9.86 Å². The van der Waals surface area contributed by atoms with Crippen LogP contribution in [-0.2, 0) is 24.5 Å². The van der Waals surface area contributed by atoms with Gasteiger partial charge in [0.2, 0.25) is 0 Å². The molecule has 0 radical (unpaired) electrons. The quantitative estimate of drug-likeness (QED) is 0.187. The molecule has 2 aromatic carbocycles. The fourth-order valence-electron chi connectivity index (χ4n) is 3.13. The molecule has 10 nitrogen and oxygen atoms in total. The second kappa shape index (κ2) is 11.5. The van der Waals surface area contributed by atoms with Crippen molar-refractivity contribution in [3.8, 4) is 0 Å². The highest BCUT2D eigenvalue weighted by Crippen LogP contribution is 2.24. The minimum atomic E-state index is -4.27. The number of amidine groups is 1. The Morgan fingerprint density at radius 3 is 2.39 bits per heavy atom. The lowest BCUT2D eigenvalue weighted by Gasteiger charge is -2.21. The summed E-state index contributed by atoms with van der Waals surface area (Å²) in [4.78, 5) is 12.8. The third-order valence-corrected chi connectivity index (χ3v) is 5.10. The molecule has 0 fully saturated rings. The van der Waals surface area contributed by atoms with E-state index in [4.69, 9.17) is 25.8 Å². The third-order valence-electron chi connectivity index (χ3n) is 4.61. The minimum Gasteiger partial charge on any atom is -0.501 e. The highest BCUT2D eigenvalue weighted by Gasteiger charge is 2.24. The van der Waals surface area contributed by atoms with Gasteiger partial charge in [-0.15, -0.1) is 0 Å². The molecule has 0 bridgehead atoms. The number of ether oxygens (including phenoxy) is 2. The van der Waals surface area contributed by atoms with Crippen molar-refractivity contribution in [2.24, 2.45) is 10.9 Å². The number of rotatable bonds is 11. The van der Waals surface area contributed by atoms with Crippen molar-refractivity contribution >= 4 is 33.7 Å². The monoisotopic (exact) mass is 475 g/mol. The first-order chi connectivity index (χ1) is 15.5. The number of hydrogen-bond donors (Lipinski definition) is 5. The van der Waals surface area contributed by atoms with E-state index in [2.05, 4.69) is 5.32 Å². The topological polar surface area (TPSA) is 170 Å². The maximum Gasteiger partial charge on any atom is 0.298 e. The van der Waals surface area contributed by atoms with Gasteiger partial charge in [-0.2, -0.15) is 8.42 Å². The Bertz CT molecular complexity index is 1130. The average Bonchev–Trinajstić information content (AvgIpc) is 2.73. The van der Waals surface area contributed by atoms with Gasteiger partial charge in [-0.05, 0) is 54.5 Å². The van der Waals surface area contributed by atoms with Crippen molar-refractivity contribution in [3.05, 3.63) is 70.5 Å². The Morgan fingerprint density at radius 2 is 1.85 bits per heavy atom. The zero-order chi connectivity index (χ0) is 24.6. The molecule has 2 rings (SSSR count). The standard InChI is InChI=1S/C22H29N5O5S/c1-14-10-15(13-19(32-3)8-9-31-2)12-17(11-14)20(22(28)27-33(25,29)30)26-18-6-4-16(5-7-18)21(23)24/h4-7,10-13,20,26H,8-9H2,1-3H3,(H3,23,24)(H,27,28)(H2,25,29,30)/b19-13-. The van der Waals surface area contributed by atoms with Gasteiger partial charge in [0.25, 0.3) is 16.1 Å². The molecule has 1 amide bonds. The number of methoxy groups -OCH3 is 2.